The number of aryl methyl sites for hydroxylation is 1. The molecular formula is C38H40N4O7. The van der Waals surface area contributed by atoms with Gasteiger partial charge in [-0.1, -0.05) is 36.4 Å². The molecule has 11 nitrogen and oxygen atoms in total. The summed E-state index contributed by atoms with van der Waals surface area (Å²) in [5.74, 6) is -0.816. The number of nitrogens with one attached hydrogen (secondary N) is 1. The van der Waals surface area contributed by atoms with Crippen LogP contribution in [-0.4, -0.2) is 64.9 Å². The molecule has 4 aromatic rings. The third kappa shape index (κ3) is 7.51. The first kappa shape index (κ1) is 33.5. The molecule has 254 valence electrons. The third-order valence-electron chi connectivity index (χ3n) is 9.38. The molecule has 3 aromatic carbocycles. The van der Waals surface area contributed by atoms with Gasteiger partial charge in [0.25, 0.3) is 5.91 Å². The summed E-state index contributed by atoms with van der Waals surface area (Å²) in [4.78, 5) is 51.5. The third-order valence-corrected chi connectivity index (χ3v) is 9.38. The molecule has 1 aromatic heterocycles. The van der Waals surface area contributed by atoms with Crippen molar-refractivity contribution in [2.24, 2.45) is 5.92 Å². The lowest BCUT2D eigenvalue weighted by atomic mass is 9.92. The summed E-state index contributed by atoms with van der Waals surface area (Å²) in [5, 5.41) is 16.2. The maximum Gasteiger partial charge on any atom is 0.328 e. The van der Waals surface area contributed by atoms with Crippen LogP contribution in [0.3, 0.4) is 0 Å². The fraction of sp³-hybridized carbons (Fsp3) is 0.342. The van der Waals surface area contributed by atoms with E-state index in [1.165, 1.54) is 11.1 Å². The van der Waals surface area contributed by atoms with E-state index in [1.54, 1.807) is 22.9 Å². The number of carbonyl (C=O) groups excluding carboxylic acids is 3. The van der Waals surface area contributed by atoms with E-state index in [0.717, 1.165) is 53.8 Å². The molecule has 11 heteroatoms. The zero-order chi connectivity index (χ0) is 34.7. The second kappa shape index (κ2) is 14.3. The van der Waals surface area contributed by atoms with Crippen LogP contribution in [0, 0.1) is 19.8 Å². The van der Waals surface area contributed by atoms with Crippen LogP contribution in [0.1, 0.15) is 64.2 Å². The van der Waals surface area contributed by atoms with Gasteiger partial charge in [-0.2, -0.15) is 5.10 Å². The second-order valence-corrected chi connectivity index (χ2v) is 12.8. The Hall–Kier alpha value is -5.45. The SMILES string of the molecule is COC(=O)C(CC(=O)O)NC(=O)c1cccc(Cn2cc(-c3cccc4c3[C@H]3C[C@H]3CN4C(=O)CCCOc3cccc(C)c3C)cn2)c1. The largest absolute Gasteiger partial charge is 0.493 e. The zero-order valence-corrected chi connectivity index (χ0v) is 27.8. The molecule has 2 amide bonds. The number of methoxy groups -OCH3 is 1. The van der Waals surface area contributed by atoms with Crippen molar-refractivity contribution in [1.82, 2.24) is 15.1 Å². The highest BCUT2D eigenvalue weighted by atomic mass is 16.5. The lowest BCUT2D eigenvalue weighted by Gasteiger charge is -2.30. The Morgan fingerprint density at radius 3 is 2.65 bits per heavy atom. The van der Waals surface area contributed by atoms with E-state index in [9.17, 15) is 19.2 Å². The van der Waals surface area contributed by atoms with Crippen molar-refractivity contribution in [2.45, 2.75) is 58.0 Å². The molecule has 2 N–H and O–H groups in total. The first-order valence-corrected chi connectivity index (χ1v) is 16.5. The normalized spacial score (nSPS) is 16.6. The van der Waals surface area contributed by atoms with Gasteiger partial charge >= 0.3 is 11.9 Å². The average Bonchev–Trinajstić information content (AvgIpc) is 3.74. The molecule has 1 fully saturated rings. The molecular weight excluding hydrogens is 624 g/mol. The van der Waals surface area contributed by atoms with E-state index >= 15 is 0 Å². The van der Waals surface area contributed by atoms with Crippen LogP contribution in [0.15, 0.2) is 73.1 Å². The van der Waals surface area contributed by atoms with Gasteiger partial charge in [0.05, 0.1) is 32.9 Å². The van der Waals surface area contributed by atoms with Crippen LogP contribution in [-0.2, 0) is 25.7 Å². The molecule has 6 rings (SSSR count). The Bertz CT molecular complexity index is 1900. The van der Waals surface area contributed by atoms with E-state index in [-0.39, 0.29) is 11.5 Å². The molecule has 1 saturated carbocycles. The highest BCUT2D eigenvalue weighted by molar-refractivity contribution is 5.98. The number of aromatic nitrogens is 2. The summed E-state index contributed by atoms with van der Waals surface area (Å²) in [7, 11) is 1.14. The molecule has 49 heavy (non-hydrogen) atoms. The number of carboxylic acid groups (broad SMARTS) is 1. The highest BCUT2D eigenvalue weighted by Crippen LogP contribution is 2.57. The summed E-state index contributed by atoms with van der Waals surface area (Å²) in [5.41, 5.74) is 7.55. The minimum atomic E-state index is -1.30. The van der Waals surface area contributed by atoms with Crippen LogP contribution in [0.25, 0.3) is 11.1 Å². The maximum absolute atomic E-state index is 13.5. The lowest BCUT2D eigenvalue weighted by molar-refractivity contribution is -0.147. The van der Waals surface area contributed by atoms with Gasteiger partial charge in [0.2, 0.25) is 5.91 Å². The molecule has 2 aliphatic rings. The number of rotatable bonds is 13. The Morgan fingerprint density at radius 2 is 1.86 bits per heavy atom. The number of carboxylic acids is 1. The highest BCUT2D eigenvalue weighted by Gasteiger charge is 2.47. The van der Waals surface area contributed by atoms with Crippen molar-refractivity contribution in [2.75, 3.05) is 25.2 Å². The summed E-state index contributed by atoms with van der Waals surface area (Å²) < 4.78 is 12.4. The number of amides is 2. The lowest BCUT2D eigenvalue weighted by Crippen LogP contribution is -2.43. The van der Waals surface area contributed by atoms with Gasteiger partial charge in [0, 0.05) is 36.0 Å². The Labute approximate surface area is 284 Å². The van der Waals surface area contributed by atoms with Crippen LogP contribution in [0.2, 0.25) is 0 Å². The second-order valence-electron chi connectivity index (χ2n) is 12.8. The van der Waals surface area contributed by atoms with Crippen LogP contribution in [0.4, 0.5) is 5.69 Å². The van der Waals surface area contributed by atoms with Gasteiger partial charge in [0.15, 0.2) is 0 Å². The van der Waals surface area contributed by atoms with Crippen LogP contribution in [0.5, 0.6) is 5.75 Å². The van der Waals surface area contributed by atoms with Gasteiger partial charge in [-0.25, -0.2) is 4.79 Å². The molecule has 0 bridgehead atoms. The van der Waals surface area contributed by atoms with E-state index in [1.807, 2.05) is 54.5 Å². The predicted octanol–water partition coefficient (Wildman–Crippen LogP) is 5.27. The monoisotopic (exact) mass is 664 g/mol. The van der Waals surface area contributed by atoms with Crippen molar-refractivity contribution in [3.8, 4) is 16.9 Å². The molecule has 3 atom stereocenters. The fourth-order valence-electron chi connectivity index (χ4n) is 6.56. The standard InChI is InChI=1S/C38H40N4O7/c1-23-8-4-13-33(24(23)2)49-15-7-14-34(43)42-22-27-17-30(27)36-29(11-6-12-32(36)42)28-19-39-41(21-28)20-25-9-5-10-26(16-25)37(46)40-31(18-35(44)45)38(47)48-3/h4-6,8-13,16,19,21,27,30-31H,7,14-15,17-18,20,22H2,1-3H3,(H,40,46)(H,44,45)/t27-,30-,31?/m0/s1. The first-order chi connectivity index (χ1) is 23.6. The number of aliphatic carboxylic acids is 1. The van der Waals surface area contributed by atoms with Crippen LogP contribution < -0.4 is 15.0 Å². The van der Waals surface area contributed by atoms with Gasteiger partial charge in [-0.3, -0.25) is 19.1 Å². The van der Waals surface area contributed by atoms with Crippen molar-refractivity contribution in [1.29, 1.82) is 0 Å². The number of ether oxygens (including phenoxy) is 2. The molecule has 1 unspecified atom stereocenters. The van der Waals surface area contributed by atoms with Crippen molar-refractivity contribution in [3.63, 3.8) is 0 Å². The van der Waals surface area contributed by atoms with E-state index in [2.05, 4.69) is 34.2 Å². The van der Waals surface area contributed by atoms with Gasteiger partial charge in [0.1, 0.15) is 11.8 Å². The smallest absolute Gasteiger partial charge is 0.328 e. The van der Waals surface area contributed by atoms with Gasteiger partial charge < -0.3 is 24.8 Å². The zero-order valence-electron chi connectivity index (χ0n) is 27.8. The van der Waals surface area contributed by atoms with E-state index in [0.29, 0.717) is 37.8 Å². The maximum atomic E-state index is 13.5. The van der Waals surface area contributed by atoms with Crippen LogP contribution >= 0.6 is 0 Å². The van der Waals surface area contributed by atoms with E-state index in [4.69, 9.17) is 9.84 Å². The summed E-state index contributed by atoms with van der Waals surface area (Å²) >= 11 is 0. The van der Waals surface area contributed by atoms with Crippen molar-refractivity contribution < 1.29 is 33.8 Å². The predicted molar refractivity (Wildman–Crippen MR) is 183 cm³/mol. The molecule has 0 saturated heterocycles. The molecule has 1 aliphatic heterocycles. The number of esters is 1. The number of nitrogens with zero attached hydrogens (tertiary/aromatic N) is 3. The Balaban J connectivity index is 1.12. The Morgan fingerprint density at radius 1 is 1.06 bits per heavy atom. The number of hydrogen-bond acceptors (Lipinski definition) is 7. The van der Waals surface area contributed by atoms with Gasteiger partial charge in [-0.05, 0) is 90.6 Å². The summed E-state index contributed by atoms with van der Waals surface area (Å²) in [6.45, 7) is 5.70. The minimum absolute atomic E-state index is 0.105. The number of carbonyl (C=O) groups is 4. The molecule has 0 spiro atoms. The Kier molecular flexibility index (Phi) is 9.80. The quantitative estimate of drug-likeness (QED) is 0.146. The minimum Gasteiger partial charge on any atom is -0.493 e. The van der Waals surface area contributed by atoms with Crippen molar-refractivity contribution in [3.05, 3.63) is 101 Å². The fourth-order valence-corrected chi connectivity index (χ4v) is 6.56. The first-order valence-electron chi connectivity index (χ1n) is 16.5. The summed E-state index contributed by atoms with van der Waals surface area (Å²) in [6.07, 6.45) is 5.29. The van der Waals surface area contributed by atoms with Gasteiger partial charge in [-0.15, -0.1) is 0 Å². The molecule has 0 radical (unpaired) electrons. The molecule has 1 aliphatic carbocycles. The average molecular weight is 665 g/mol. The number of hydrogen-bond donors (Lipinski definition) is 2. The van der Waals surface area contributed by atoms with E-state index < -0.39 is 30.3 Å². The number of fused-ring (bicyclic) bond motifs is 3. The summed E-state index contributed by atoms with van der Waals surface area (Å²) in [6, 6.07) is 17.7. The molecule has 2 heterocycles. The number of anilines is 1. The van der Waals surface area contributed by atoms with Crippen molar-refractivity contribution >= 4 is 29.4 Å². The number of benzene rings is 3. The topological polar surface area (TPSA) is 140 Å².